The molecule has 0 amide bonds. The molecular formula is C18H17F3N4O3. The van der Waals surface area contributed by atoms with Crippen molar-refractivity contribution >= 4 is 16.6 Å². The third-order valence-corrected chi connectivity index (χ3v) is 3.73. The number of pyridine rings is 1. The largest absolute Gasteiger partial charge is 0.573 e. The van der Waals surface area contributed by atoms with Gasteiger partial charge in [-0.05, 0) is 32.0 Å². The number of alkyl halides is 3. The number of nitrogens with one attached hydrogen (secondary N) is 1. The van der Waals surface area contributed by atoms with Crippen LogP contribution in [0.25, 0.3) is 22.0 Å². The lowest BCUT2D eigenvalue weighted by atomic mass is 10.0. The van der Waals surface area contributed by atoms with E-state index in [9.17, 15) is 23.4 Å². The summed E-state index contributed by atoms with van der Waals surface area (Å²) in [4.78, 5) is 4.05. The van der Waals surface area contributed by atoms with Gasteiger partial charge in [0, 0.05) is 41.3 Å². The number of halogens is 3. The Morgan fingerprint density at radius 1 is 1.11 bits per heavy atom. The minimum absolute atomic E-state index is 0.187. The van der Waals surface area contributed by atoms with Crippen molar-refractivity contribution in [1.29, 1.82) is 0 Å². The summed E-state index contributed by atoms with van der Waals surface area (Å²) in [6.45, 7) is 3.47. The van der Waals surface area contributed by atoms with E-state index in [0.29, 0.717) is 16.6 Å². The predicted molar refractivity (Wildman–Crippen MR) is 95.9 cm³/mol. The van der Waals surface area contributed by atoms with Crippen LogP contribution in [-0.4, -0.2) is 43.9 Å². The van der Waals surface area contributed by atoms with Crippen LogP contribution in [-0.2, 0) is 0 Å². The van der Waals surface area contributed by atoms with Crippen molar-refractivity contribution in [3.63, 3.8) is 0 Å². The summed E-state index contributed by atoms with van der Waals surface area (Å²) in [5, 5.41) is 32.4. The number of ether oxygens (including phenoxy) is 1. The zero-order chi connectivity index (χ0) is 20.5. The molecule has 0 atom stereocenters. The standard InChI is InChI=1S/C18H17F3N4O3/c1-17(2,27)9-23-16-13-8-22-6-5-11(13)15(24-25-16)12-4-3-10(7-14(12)26)28-18(19,20)21/h3-8,26-27H,9H2,1-2H3,(H,23,25). The summed E-state index contributed by atoms with van der Waals surface area (Å²) >= 11 is 0. The Morgan fingerprint density at radius 2 is 1.86 bits per heavy atom. The quantitative estimate of drug-likeness (QED) is 0.609. The average Bonchev–Trinajstić information content (AvgIpc) is 2.58. The number of anilines is 1. The first-order valence-corrected chi connectivity index (χ1v) is 8.19. The van der Waals surface area contributed by atoms with Gasteiger partial charge in [0.2, 0.25) is 0 Å². The average molecular weight is 394 g/mol. The van der Waals surface area contributed by atoms with Gasteiger partial charge in [0.1, 0.15) is 17.2 Å². The van der Waals surface area contributed by atoms with E-state index in [2.05, 4.69) is 25.2 Å². The highest BCUT2D eigenvalue weighted by Crippen LogP contribution is 2.37. The second-order valence-corrected chi connectivity index (χ2v) is 6.71. The topological polar surface area (TPSA) is 100 Å². The molecule has 0 aliphatic rings. The van der Waals surface area contributed by atoms with Gasteiger partial charge in [-0.2, -0.15) is 0 Å². The molecule has 2 aromatic heterocycles. The van der Waals surface area contributed by atoms with E-state index in [4.69, 9.17) is 0 Å². The summed E-state index contributed by atoms with van der Waals surface area (Å²) in [6.07, 6.45) is -1.80. The fourth-order valence-corrected chi connectivity index (χ4v) is 2.54. The first-order valence-electron chi connectivity index (χ1n) is 8.19. The molecule has 0 saturated heterocycles. The van der Waals surface area contributed by atoms with Crippen molar-refractivity contribution in [2.24, 2.45) is 0 Å². The van der Waals surface area contributed by atoms with Crippen LogP contribution in [0.1, 0.15) is 13.8 Å². The SMILES string of the molecule is CC(C)(O)CNc1nnc(-c2ccc(OC(F)(F)F)cc2O)c2ccncc12. The lowest BCUT2D eigenvalue weighted by Crippen LogP contribution is -2.29. The van der Waals surface area contributed by atoms with Gasteiger partial charge >= 0.3 is 6.36 Å². The molecule has 3 aromatic rings. The highest BCUT2D eigenvalue weighted by molar-refractivity contribution is 6.00. The molecule has 0 unspecified atom stereocenters. The molecule has 28 heavy (non-hydrogen) atoms. The number of aromatic nitrogens is 3. The molecule has 7 nitrogen and oxygen atoms in total. The van der Waals surface area contributed by atoms with E-state index < -0.39 is 23.5 Å². The van der Waals surface area contributed by atoms with Crippen LogP contribution in [0.15, 0.2) is 36.7 Å². The summed E-state index contributed by atoms with van der Waals surface area (Å²) < 4.78 is 40.8. The smallest absolute Gasteiger partial charge is 0.507 e. The fraction of sp³-hybridized carbons (Fsp3) is 0.278. The highest BCUT2D eigenvalue weighted by Gasteiger charge is 2.31. The van der Waals surface area contributed by atoms with Crippen LogP contribution in [0.3, 0.4) is 0 Å². The third kappa shape index (κ3) is 4.58. The summed E-state index contributed by atoms with van der Waals surface area (Å²) in [5.74, 6) is -0.604. The summed E-state index contributed by atoms with van der Waals surface area (Å²) in [6, 6.07) is 4.86. The maximum Gasteiger partial charge on any atom is 0.573 e. The molecule has 10 heteroatoms. The second-order valence-electron chi connectivity index (χ2n) is 6.71. The molecule has 148 valence electrons. The van der Waals surface area contributed by atoms with Crippen molar-refractivity contribution in [3.8, 4) is 22.8 Å². The van der Waals surface area contributed by atoms with Gasteiger partial charge in [-0.3, -0.25) is 4.98 Å². The van der Waals surface area contributed by atoms with Crippen molar-refractivity contribution in [1.82, 2.24) is 15.2 Å². The number of aromatic hydroxyl groups is 1. The Kier molecular flexibility index (Phi) is 4.99. The zero-order valence-electron chi connectivity index (χ0n) is 14.9. The molecule has 0 fully saturated rings. The van der Waals surface area contributed by atoms with Gasteiger partial charge in [-0.25, -0.2) is 0 Å². The molecule has 3 N–H and O–H groups in total. The molecule has 0 aliphatic carbocycles. The number of phenolic OH excluding ortho intramolecular Hbond substituents is 1. The van der Waals surface area contributed by atoms with Crippen molar-refractivity contribution < 1.29 is 28.1 Å². The minimum atomic E-state index is -4.86. The molecule has 0 radical (unpaired) electrons. The number of benzene rings is 1. The molecule has 0 saturated carbocycles. The van der Waals surface area contributed by atoms with E-state index in [1.807, 2.05) is 0 Å². The zero-order valence-corrected chi connectivity index (χ0v) is 14.9. The minimum Gasteiger partial charge on any atom is -0.507 e. The number of hydrogen-bond donors (Lipinski definition) is 3. The number of fused-ring (bicyclic) bond motifs is 1. The van der Waals surface area contributed by atoms with Crippen LogP contribution in [0.4, 0.5) is 19.0 Å². The lowest BCUT2D eigenvalue weighted by Gasteiger charge is -2.19. The van der Waals surface area contributed by atoms with Crippen molar-refractivity contribution in [2.45, 2.75) is 25.8 Å². The van der Waals surface area contributed by atoms with Gasteiger partial charge in [-0.15, -0.1) is 23.4 Å². The molecule has 2 heterocycles. The molecular weight excluding hydrogens is 377 g/mol. The maximum atomic E-state index is 12.3. The van der Waals surface area contributed by atoms with Crippen LogP contribution in [0.2, 0.25) is 0 Å². The lowest BCUT2D eigenvalue weighted by molar-refractivity contribution is -0.274. The van der Waals surface area contributed by atoms with Crippen LogP contribution < -0.4 is 10.1 Å². The van der Waals surface area contributed by atoms with Crippen LogP contribution in [0.5, 0.6) is 11.5 Å². The van der Waals surface area contributed by atoms with E-state index in [1.165, 1.54) is 12.3 Å². The normalized spacial score (nSPS) is 12.2. The summed E-state index contributed by atoms with van der Waals surface area (Å²) in [5.41, 5.74) is -0.531. The molecule has 1 aromatic carbocycles. The second kappa shape index (κ2) is 7.12. The van der Waals surface area contributed by atoms with Crippen molar-refractivity contribution in [3.05, 3.63) is 36.7 Å². The van der Waals surface area contributed by atoms with Crippen LogP contribution >= 0.6 is 0 Å². The molecule has 3 rings (SSSR count). The van der Waals surface area contributed by atoms with Gasteiger partial charge in [0.15, 0.2) is 5.82 Å². The Labute approximate surface area is 157 Å². The molecule has 0 spiro atoms. The maximum absolute atomic E-state index is 12.3. The Morgan fingerprint density at radius 3 is 2.50 bits per heavy atom. The van der Waals surface area contributed by atoms with E-state index in [-0.39, 0.29) is 17.8 Å². The van der Waals surface area contributed by atoms with E-state index in [0.717, 1.165) is 12.1 Å². The highest BCUT2D eigenvalue weighted by atomic mass is 19.4. The van der Waals surface area contributed by atoms with Crippen LogP contribution in [0, 0.1) is 0 Å². The van der Waals surface area contributed by atoms with Gasteiger partial charge in [0.05, 0.1) is 5.60 Å². The third-order valence-electron chi connectivity index (χ3n) is 3.73. The fourth-order valence-electron chi connectivity index (χ4n) is 2.54. The summed E-state index contributed by atoms with van der Waals surface area (Å²) in [7, 11) is 0. The molecule has 0 bridgehead atoms. The number of phenols is 1. The monoisotopic (exact) mass is 394 g/mol. The van der Waals surface area contributed by atoms with Gasteiger partial charge in [-0.1, -0.05) is 0 Å². The number of nitrogens with zero attached hydrogens (tertiary/aromatic N) is 3. The Hall–Kier alpha value is -3.14. The molecule has 0 aliphatic heterocycles. The van der Waals surface area contributed by atoms with Gasteiger partial charge < -0.3 is 20.3 Å². The number of rotatable bonds is 5. The number of aliphatic hydroxyl groups is 1. The Balaban J connectivity index is 2.03. The number of hydrogen-bond acceptors (Lipinski definition) is 7. The first kappa shape index (κ1) is 19.6. The Bertz CT molecular complexity index is 1000. The van der Waals surface area contributed by atoms with Gasteiger partial charge in [0.25, 0.3) is 0 Å². The van der Waals surface area contributed by atoms with E-state index >= 15 is 0 Å². The van der Waals surface area contributed by atoms with E-state index in [1.54, 1.807) is 26.1 Å². The predicted octanol–water partition coefficient (Wildman–Crippen LogP) is 3.48. The van der Waals surface area contributed by atoms with Crippen molar-refractivity contribution in [2.75, 3.05) is 11.9 Å². The first-order chi connectivity index (χ1) is 13.0.